The first-order chi connectivity index (χ1) is 12.6. The first-order valence-electron chi connectivity index (χ1n) is 7.99. The topological polar surface area (TPSA) is 111 Å². The summed E-state index contributed by atoms with van der Waals surface area (Å²) in [5, 5.41) is 3.47. The van der Waals surface area contributed by atoms with Gasteiger partial charge in [-0.05, 0) is 12.5 Å². The zero-order valence-corrected chi connectivity index (χ0v) is 15.2. The average molecular weight is 380 g/mol. The van der Waals surface area contributed by atoms with Gasteiger partial charge in [0.2, 0.25) is 11.9 Å². The Morgan fingerprint density at radius 2 is 2.15 bits per heavy atom. The molecule has 1 saturated heterocycles. The molecular formula is C16H20N4O5S. The number of methoxy groups -OCH3 is 1. The minimum absolute atomic E-state index is 0.0801. The van der Waals surface area contributed by atoms with Gasteiger partial charge in [0, 0.05) is 25.5 Å². The molecule has 1 aliphatic heterocycles. The van der Waals surface area contributed by atoms with E-state index in [4.69, 9.17) is 4.74 Å². The van der Waals surface area contributed by atoms with E-state index in [1.54, 1.807) is 18.5 Å². The lowest BCUT2D eigenvalue weighted by Crippen LogP contribution is -2.27. The van der Waals surface area contributed by atoms with E-state index in [0.29, 0.717) is 30.5 Å². The summed E-state index contributed by atoms with van der Waals surface area (Å²) in [6.07, 6.45) is 5.16. The van der Waals surface area contributed by atoms with Crippen LogP contribution in [0.4, 0.5) is 5.95 Å². The molecule has 26 heavy (non-hydrogen) atoms. The predicted molar refractivity (Wildman–Crippen MR) is 95.0 cm³/mol. The Balaban J connectivity index is 1.64. The Morgan fingerprint density at radius 1 is 1.38 bits per heavy atom. The molecule has 1 aromatic heterocycles. The Kier molecular flexibility index (Phi) is 7.87. The number of anilines is 1. The molecule has 0 aliphatic carbocycles. The number of carbonyl (C=O) groups is 3. The number of rotatable bonds is 9. The van der Waals surface area contributed by atoms with Gasteiger partial charge in [-0.15, -0.1) is 0 Å². The fourth-order valence-corrected chi connectivity index (χ4v) is 3.03. The highest BCUT2D eigenvalue weighted by molar-refractivity contribution is 8.04. The summed E-state index contributed by atoms with van der Waals surface area (Å²) < 4.78 is 9.71. The SMILES string of the molecule is COC(=O)/C=C1/SCC(=O)N1CCCOC(=O)CCNc1ncccn1. The van der Waals surface area contributed by atoms with Crippen molar-refractivity contribution < 1.29 is 23.9 Å². The molecule has 1 fully saturated rings. The molecule has 1 aromatic rings. The first-order valence-corrected chi connectivity index (χ1v) is 8.98. The number of ether oxygens (including phenoxy) is 2. The standard InChI is InChI=1S/C16H20N4O5S/c1-24-15(23)10-13-20(12(21)11-26-13)8-3-9-25-14(22)4-7-19-16-17-5-2-6-18-16/h2,5-6,10H,3-4,7-9,11H2,1H3,(H,17,18,19)/b13-10+. The van der Waals surface area contributed by atoms with Crippen molar-refractivity contribution in [2.45, 2.75) is 12.8 Å². The zero-order chi connectivity index (χ0) is 18.8. The van der Waals surface area contributed by atoms with E-state index in [1.807, 2.05) is 0 Å². The molecule has 0 saturated carbocycles. The summed E-state index contributed by atoms with van der Waals surface area (Å²) in [5.74, 6) is -0.191. The summed E-state index contributed by atoms with van der Waals surface area (Å²) in [6, 6.07) is 1.70. The second kappa shape index (κ2) is 10.4. The molecule has 0 radical (unpaired) electrons. The number of amides is 1. The largest absolute Gasteiger partial charge is 0.466 e. The van der Waals surface area contributed by atoms with Crippen molar-refractivity contribution in [2.75, 3.05) is 37.9 Å². The molecule has 9 nitrogen and oxygen atoms in total. The summed E-state index contributed by atoms with van der Waals surface area (Å²) >= 11 is 1.28. The van der Waals surface area contributed by atoms with E-state index in [0.717, 1.165) is 0 Å². The van der Waals surface area contributed by atoms with Crippen molar-refractivity contribution in [3.63, 3.8) is 0 Å². The van der Waals surface area contributed by atoms with Crippen LogP contribution in [0.15, 0.2) is 29.6 Å². The minimum atomic E-state index is -0.506. The molecule has 0 aromatic carbocycles. The van der Waals surface area contributed by atoms with Gasteiger partial charge in [-0.3, -0.25) is 9.59 Å². The van der Waals surface area contributed by atoms with Gasteiger partial charge < -0.3 is 19.7 Å². The normalized spacial score (nSPS) is 15.2. The van der Waals surface area contributed by atoms with E-state index < -0.39 is 5.97 Å². The van der Waals surface area contributed by atoms with Crippen molar-refractivity contribution in [1.82, 2.24) is 14.9 Å². The van der Waals surface area contributed by atoms with E-state index in [9.17, 15) is 14.4 Å². The highest BCUT2D eigenvalue weighted by Gasteiger charge is 2.26. The number of aromatic nitrogens is 2. The van der Waals surface area contributed by atoms with E-state index in [-0.39, 0.29) is 30.7 Å². The third kappa shape index (κ3) is 6.36. The first kappa shape index (κ1) is 19.7. The van der Waals surface area contributed by atoms with Crippen LogP contribution in [0.2, 0.25) is 0 Å². The van der Waals surface area contributed by atoms with Crippen LogP contribution in [0.5, 0.6) is 0 Å². The van der Waals surface area contributed by atoms with Crippen molar-refractivity contribution in [3.8, 4) is 0 Å². The zero-order valence-electron chi connectivity index (χ0n) is 14.3. The summed E-state index contributed by atoms with van der Waals surface area (Å²) in [7, 11) is 1.28. The maximum Gasteiger partial charge on any atom is 0.333 e. The van der Waals surface area contributed by atoms with E-state index in [2.05, 4.69) is 20.0 Å². The average Bonchev–Trinajstić information content (AvgIpc) is 2.99. The molecule has 2 heterocycles. The maximum absolute atomic E-state index is 11.8. The van der Waals surface area contributed by atoms with E-state index >= 15 is 0 Å². The fraction of sp³-hybridized carbons (Fsp3) is 0.438. The van der Waals surface area contributed by atoms with Crippen molar-refractivity contribution in [3.05, 3.63) is 29.6 Å². The fourth-order valence-electron chi connectivity index (χ4n) is 2.08. The molecule has 10 heteroatoms. The van der Waals surface area contributed by atoms with Gasteiger partial charge in [0.15, 0.2) is 0 Å². The van der Waals surface area contributed by atoms with Gasteiger partial charge in [0.25, 0.3) is 0 Å². The molecule has 1 N–H and O–H groups in total. The van der Waals surface area contributed by atoms with Crippen LogP contribution in [0.3, 0.4) is 0 Å². The maximum atomic E-state index is 11.8. The molecule has 1 aliphatic rings. The lowest BCUT2D eigenvalue weighted by atomic mass is 10.4. The lowest BCUT2D eigenvalue weighted by Gasteiger charge is -2.16. The number of carbonyl (C=O) groups excluding carboxylic acids is 3. The second-order valence-corrected chi connectivity index (χ2v) is 6.16. The van der Waals surface area contributed by atoms with Crippen molar-refractivity contribution in [2.24, 2.45) is 0 Å². The molecular weight excluding hydrogens is 360 g/mol. The highest BCUT2D eigenvalue weighted by Crippen LogP contribution is 2.28. The molecule has 2 rings (SSSR count). The summed E-state index contributed by atoms with van der Waals surface area (Å²) in [4.78, 5) is 44.3. The van der Waals surface area contributed by atoms with E-state index in [1.165, 1.54) is 29.8 Å². The van der Waals surface area contributed by atoms with Crippen LogP contribution in [-0.4, -0.2) is 65.3 Å². The summed E-state index contributed by atoms with van der Waals surface area (Å²) in [6.45, 7) is 0.939. The van der Waals surface area contributed by atoms with Crippen molar-refractivity contribution in [1.29, 1.82) is 0 Å². The molecule has 0 bridgehead atoms. The second-order valence-electron chi connectivity index (χ2n) is 5.16. The molecule has 140 valence electrons. The van der Waals surface area contributed by atoms with Gasteiger partial charge >= 0.3 is 11.9 Å². The van der Waals surface area contributed by atoms with Crippen LogP contribution in [0, 0.1) is 0 Å². The Labute approximate surface area is 155 Å². The minimum Gasteiger partial charge on any atom is -0.466 e. The molecule has 0 atom stereocenters. The Morgan fingerprint density at radius 3 is 2.88 bits per heavy atom. The van der Waals surface area contributed by atoms with Gasteiger partial charge in [0.1, 0.15) is 0 Å². The Bertz CT molecular complexity index is 668. The van der Waals surface area contributed by atoms with Crippen LogP contribution >= 0.6 is 11.8 Å². The van der Waals surface area contributed by atoms with Gasteiger partial charge in [-0.25, -0.2) is 14.8 Å². The smallest absolute Gasteiger partial charge is 0.333 e. The quantitative estimate of drug-likeness (QED) is 0.378. The summed E-state index contributed by atoms with van der Waals surface area (Å²) in [5.41, 5.74) is 0. The number of nitrogens with zero attached hydrogens (tertiary/aromatic N) is 3. The monoisotopic (exact) mass is 380 g/mol. The van der Waals surface area contributed by atoms with Gasteiger partial charge in [-0.1, -0.05) is 11.8 Å². The number of nitrogens with one attached hydrogen (secondary N) is 1. The highest BCUT2D eigenvalue weighted by atomic mass is 32.2. The number of esters is 2. The third-order valence-corrected chi connectivity index (χ3v) is 4.35. The molecule has 0 spiro atoms. The number of hydrogen-bond acceptors (Lipinski definition) is 9. The predicted octanol–water partition coefficient (Wildman–Crippen LogP) is 0.802. The Hall–Kier alpha value is -2.62. The molecule has 1 amide bonds. The number of hydrogen-bond donors (Lipinski definition) is 1. The van der Waals surface area contributed by atoms with Crippen LogP contribution in [0.1, 0.15) is 12.8 Å². The number of thioether (sulfide) groups is 1. The van der Waals surface area contributed by atoms with Crippen LogP contribution < -0.4 is 5.32 Å². The van der Waals surface area contributed by atoms with Gasteiger partial charge in [0.05, 0.1) is 37.0 Å². The third-order valence-electron chi connectivity index (χ3n) is 3.32. The molecule has 0 unspecified atom stereocenters. The van der Waals surface area contributed by atoms with Gasteiger partial charge in [-0.2, -0.15) is 0 Å². The van der Waals surface area contributed by atoms with Crippen LogP contribution in [-0.2, 0) is 23.9 Å². The lowest BCUT2D eigenvalue weighted by molar-refractivity contribution is -0.143. The van der Waals surface area contributed by atoms with Crippen LogP contribution in [0.25, 0.3) is 0 Å². The van der Waals surface area contributed by atoms with Crippen molar-refractivity contribution >= 4 is 35.6 Å².